The van der Waals surface area contributed by atoms with Gasteiger partial charge in [-0.1, -0.05) is 42.6 Å². The second-order valence-corrected chi connectivity index (χ2v) is 7.61. The summed E-state index contributed by atoms with van der Waals surface area (Å²) in [4.78, 5) is 0. The zero-order valence-corrected chi connectivity index (χ0v) is 13.7. The van der Waals surface area contributed by atoms with Crippen LogP contribution in [0.2, 0.25) is 10.0 Å². The lowest BCUT2D eigenvalue weighted by Gasteiger charge is -2.62. The minimum absolute atomic E-state index is 0.282. The molecule has 2 fully saturated rings. The quantitative estimate of drug-likeness (QED) is 0.737. The molecule has 0 saturated heterocycles. The predicted molar refractivity (Wildman–Crippen MR) is 86.8 cm³/mol. The molecule has 0 atom stereocenters. The Morgan fingerprint density at radius 3 is 2.45 bits per heavy atom. The summed E-state index contributed by atoms with van der Waals surface area (Å²) in [6.45, 7) is 4.38. The van der Waals surface area contributed by atoms with E-state index in [1.807, 2.05) is 6.07 Å². The first-order valence-electron chi connectivity index (χ1n) is 7.76. The standard InChI is InChI=1S/C17H23Cl2N/c1-2-8-20-12-17(10-16(11-17)6-3-7-16)13-4-5-14(18)15(19)9-13/h4-5,9,20H,2-3,6-8,10-12H2,1H3. The van der Waals surface area contributed by atoms with Crippen molar-refractivity contribution < 1.29 is 0 Å². The Morgan fingerprint density at radius 1 is 1.15 bits per heavy atom. The average Bonchev–Trinajstić information content (AvgIpc) is 2.34. The maximum absolute atomic E-state index is 6.23. The Hall–Kier alpha value is -0.240. The second kappa shape index (κ2) is 5.51. The highest BCUT2D eigenvalue weighted by molar-refractivity contribution is 6.42. The summed E-state index contributed by atoms with van der Waals surface area (Å²) in [7, 11) is 0. The van der Waals surface area contributed by atoms with Crippen LogP contribution in [0.15, 0.2) is 18.2 Å². The number of halogens is 2. The zero-order valence-electron chi connectivity index (χ0n) is 12.1. The van der Waals surface area contributed by atoms with Gasteiger partial charge in [-0.25, -0.2) is 0 Å². The van der Waals surface area contributed by atoms with Crippen molar-refractivity contribution >= 4 is 23.2 Å². The number of hydrogen-bond acceptors (Lipinski definition) is 1. The lowest BCUT2D eigenvalue weighted by Crippen LogP contribution is -2.57. The van der Waals surface area contributed by atoms with E-state index in [1.54, 1.807) is 0 Å². The van der Waals surface area contributed by atoms with Gasteiger partial charge < -0.3 is 5.32 Å². The van der Waals surface area contributed by atoms with E-state index < -0.39 is 0 Å². The molecule has 1 nitrogen and oxygen atoms in total. The van der Waals surface area contributed by atoms with Crippen LogP contribution < -0.4 is 5.32 Å². The molecule has 110 valence electrons. The normalized spacial score (nSPS) is 22.4. The van der Waals surface area contributed by atoms with Crippen molar-refractivity contribution in [2.45, 2.75) is 50.9 Å². The van der Waals surface area contributed by atoms with Gasteiger partial charge in [-0.3, -0.25) is 0 Å². The molecule has 2 aliphatic carbocycles. The van der Waals surface area contributed by atoms with Crippen LogP contribution >= 0.6 is 23.2 Å². The third-order valence-electron chi connectivity index (χ3n) is 5.26. The van der Waals surface area contributed by atoms with Crippen molar-refractivity contribution in [3.63, 3.8) is 0 Å². The van der Waals surface area contributed by atoms with Gasteiger partial charge in [0.1, 0.15) is 0 Å². The second-order valence-electron chi connectivity index (χ2n) is 6.79. The van der Waals surface area contributed by atoms with Crippen LogP contribution in [0.1, 0.15) is 51.0 Å². The van der Waals surface area contributed by atoms with E-state index in [0.29, 0.717) is 15.5 Å². The molecule has 0 aromatic heterocycles. The summed E-state index contributed by atoms with van der Waals surface area (Å²) in [5.41, 5.74) is 2.30. The van der Waals surface area contributed by atoms with E-state index in [-0.39, 0.29) is 5.41 Å². The van der Waals surface area contributed by atoms with Crippen LogP contribution in [0.4, 0.5) is 0 Å². The monoisotopic (exact) mass is 311 g/mol. The minimum Gasteiger partial charge on any atom is -0.316 e. The van der Waals surface area contributed by atoms with Gasteiger partial charge in [-0.05, 0) is 61.8 Å². The summed E-state index contributed by atoms with van der Waals surface area (Å²) in [6.07, 6.45) is 8.07. The average molecular weight is 312 g/mol. The van der Waals surface area contributed by atoms with Crippen LogP contribution in [-0.4, -0.2) is 13.1 Å². The lowest BCUT2D eigenvalue weighted by molar-refractivity contribution is -0.0481. The van der Waals surface area contributed by atoms with Gasteiger partial charge in [0.25, 0.3) is 0 Å². The molecule has 1 N–H and O–H groups in total. The van der Waals surface area contributed by atoms with Crippen molar-refractivity contribution in [3.8, 4) is 0 Å². The van der Waals surface area contributed by atoms with Crippen molar-refractivity contribution in [3.05, 3.63) is 33.8 Å². The molecule has 0 bridgehead atoms. The van der Waals surface area contributed by atoms with Crippen molar-refractivity contribution in [1.82, 2.24) is 5.32 Å². The van der Waals surface area contributed by atoms with E-state index in [1.165, 1.54) is 44.1 Å². The molecular formula is C17H23Cl2N. The molecule has 0 unspecified atom stereocenters. The Kier molecular flexibility index (Phi) is 4.05. The molecule has 1 aromatic carbocycles. The zero-order chi connectivity index (χ0) is 14.2. The minimum atomic E-state index is 0.282. The van der Waals surface area contributed by atoms with E-state index in [2.05, 4.69) is 24.4 Å². The van der Waals surface area contributed by atoms with Crippen LogP contribution in [0.25, 0.3) is 0 Å². The Morgan fingerprint density at radius 2 is 1.90 bits per heavy atom. The molecule has 3 heteroatoms. The van der Waals surface area contributed by atoms with Gasteiger partial charge in [-0.15, -0.1) is 0 Å². The van der Waals surface area contributed by atoms with Gasteiger partial charge in [-0.2, -0.15) is 0 Å². The maximum atomic E-state index is 6.23. The van der Waals surface area contributed by atoms with E-state index in [0.717, 1.165) is 13.1 Å². The van der Waals surface area contributed by atoms with E-state index in [4.69, 9.17) is 23.2 Å². The Balaban J connectivity index is 1.80. The highest BCUT2D eigenvalue weighted by Crippen LogP contribution is 2.64. The molecule has 0 radical (unpaired) electrons. The van der Waals surface area contributed by atoms with Crippen LogP contribution in [-0.2, 0) is 5.41 Å². The molecule has 1 spiro atoms. The fraction of sp³-hybridized carbons (Fsp3) is 0.647. The molecule has 20 heavy (non-hydrogen) atoms. The molecular weight excluding hydrogens is 289 g/mol. The molecule has 0 amide bonds. The largest absolute Gasteiger partial charge is 0.316 e. The van der Waals surface area contributed by atoms with Crippen LogP contribution in [0.3, 0.4) is 0 Å². The van der Waals surface area contributed by atoms with Gasteiger partial charge in [0.2, 0.25) is 0 Å². The molecule has 3 rings (SSSR count). The molecule has 0 heterocycles. The first-order valence-corrected chi connectivity index (χ1v) is 8.51. The molecule has 0 aliphatic heterocycles. The van der Waals surface area contributed by atoms with Crippen LogP contribution in [0.5, 0.6) is 0 Å². The van der Waals surface area contributed by atoms with Gasteiger partial charge in [0, 0.05) is 12.0 Å². The van der Waals surface area contributed by atoms with Crippen molar-refractivity contribution in [1.29, 1.82) is 0 Å². The summed E-state index contributed by atoms with van der Waals surface area (Å²) < 4.78 is 0. The highest BCUT2D eigenvalue weighted by Gasteiger charge is 2.57. The maximum Gasteiger partial charge on any atom is 0.0595 e. The summed E-state index contributed by atoms with van der Waals surface area (Å²) >= 11 is 12.3. The summed E-state index contributed by atoms with van der Waals surface area (Å²) in [5.74, 6) is 0. The predicted octanol–water partition coefficient (Wildman–Crippen LogP) is 5.19. The topological polar surface area (TPSA) is 12.0 Å². The smallest absolute Gasteiger partial charge is 0.0595 e. The van der Waals surface area contributed by atoms with Crippen molar-refractivity contribution in [2.75, 3.05) is 13.1 Å². The van der Waals surface area contributed by atoms with Crippen molar-refractivity contribution in [2.24, 2.45) is 5.41 Å². The van der Waals surface area contributed by atoms with Gasteiger partial charge in [0.05, 0.1) is 10.0 Å². The summed E-state index contributed by atoms with van der Waals surface area (Å²) in [5, 5.41) is 4.97. The van der Waals surface area contributed by atoms with E-state index >= 15 is 0 Å². The number of rotatable bonds is 5. The number of benzene rings is 1. The van der Waals surface area contributed by atoms with Gasteiger partial charge >= 0.3 is 0 Å². The third-order valence-corrected chi connectivity index (χ3v) is 6.00. The Bertz CT molecular complexity index is 486. The van der Waals surface area contributed by atoms with Crippen LogP contribution in [0, 0.1) is 5.41 Å². The fourth-order valence-corrected chi connectivity index (χ4v) is 4.47. The number of nitrogens with one attached hydrogen (secondary N) is 1. The SMILES string of the molecule is CCCNCC1(c2ccc(Cl)c(Cl)c2)CC2(CCC2)C1. The summed E-state index contributed by atoms with van der Waals surface area (Å²) in [6, 6.07) is 6.21. The molecule has 2 saturated carbocycles. The first kappa shape index (κ1) is 14.7. The lowest BCUT2D eigenvalue weighted by atomic mass is 9.43. The highest BCUT2D eigenvalue weighted by atomic mass is 35.5. The molecule has 1 aromatic rings. The van der Waals surface area contributed by atoms with Gasteiger partial charge in [0.15, 0.2) is 0 Å². The Labute approximate surface area is 132 Å². The number of hydrogen-bond donors (Lipinski definition) is 1. The first-order chi connectivity index (χ1) is 9.59. The van der Waals surface area contributed by atoms with E-state index in [9.17, 15) is 0 Å². The fourth-order valence-electron chi connectivity index (χ4n) is 4.18. The third kappa shape index (κ3) is 2.49. The molecule has 2 aliphatic rings.